The molecule has 1 aromatic carbocycles. The van der Waals surface area contributed by atoms with E-state index < -0.39 is 0 Å². The molecule has 98 valence electrons. The molecule has 0 aromatic heterocycles. The molecule has 0 saturated heterocycles. The molecule has 0 bridgehead atoms. The van der Waals surface area contributed by atoms with Gasteiger partial charge < -0.3 is 10.1 Å². The summed E-state index contributed by atoms with van der Waals surface area (Å²) in [5.74, 6) is 1.81. The summed E-state index contributed by atoms with van der Waals surface area (Å²) < 4.78 is 5.88. The van der Waals surface area contributed by atoms with Gasteiger partial charge in [0.15, 0.2) is 0 Å². The minimum Gasteiger partial charge on any atom is -0.455 e. The molecule has 1 aromatic rings. The van der Waals surface area contributed by atoms with E-state index in [0.29, 0.717) is 6.04 Å². The van der Waals surface area contributed by atoms with Crippen LogP contribution in [0.15, 0.2) is 47.9 Å². The largest absolute Gasteiger partial charge is 0.455 e. The van der Waals surface area contributed by atoms with Crippen LogP contribution in [0.3, 0.4) is 0 Å². The van der Waals surface area contributed by atoms with Crippen molar-refractivity contribution in [3.8, 4) is 5.75 Å². The lowest BCUT2D eigenvalue weighted by Gasteiger charge is -2.20. The summed E-state index contributed by atoms with van der Waals surface area (Å²) in [7, 11) is 0. The SMILES string of the molecule is CC.CC1=C(Oc2ccccc2C)C=CC(C)N1. The molecule has 1 aliphatic rings. The second-order valence-corrected chi connectivity index (χ2v) is 4.15. The van der Waals surface area contributed by atoms with Crippen LogP contribution in [0.1, 0.15) is 33.3 Å². The quantitative estimate of drug-likeness (QED) is 0.844. The third kappa shape index (κ3) is 3.66. The summed E-state index contributed by atoms with van der Waals surface area (Å²) >= 11 is 0. The van der Waals surface area contributed by atoms with Crippen LogP contribution in [0.4, 0.5) is 0 Å². The van der Waals surface area contributed by atoms with Gasteiger partial charge in [0.25, 0.3) is 0 Å². The number of rotatable bonds is 2. The summed E-state index contributed by atoms with van der Waals surface area (Å²) in [5, 5.41) is 3.34. The predicted molar refractivity (Wildman–Crippen MR) is 77.6 cm³/mol. The molecule has 2 heteroatoms. The molecule has 1 unspecified atom stereocenters. The molecule has 2 rings (SSSR count). The molecule has 1 heterocycles. The number of dihydropyridines is 1. The van der Waals surface area contributed by atoms with Crippen molar-refractivity contribution in [2.75, 3.05) is 0 Å². The zero-order valence-electron chi connectivity index (χ0n) is 11.9. The summed E-state index contributed by atoms with van der Waals surface area (Å²) in [6.07, 6.45) is 4.13. The summed E-state index contributed by atoms with van der Waals surface area (Å²) in [5.41, 5.74) is 2.23. The Hall–Kier alpha value is -1.70. The molecule has 1 aliphatic heterocycles. The summed E-state index contributed by atoms with van der Waals surface area (Å²) in [6.45, 7) is 10.2. The van der Waals surface area contributed by atoms with E-state index in [-0.39, 0.29) is 0 Å². The Bertz CT molecular complexity index is 446. The fraction of sp³-hybridized carbons (Fsp3) is 0.375. The Balaban J connectivity index is 0.000000771. The maximum atomic E-state index is 5.88. The van der Waals surface area contributed by atoms with E-state index in [1.165, 1.54) is 0 Å². The standard InChI is InChI=1S/C14H17NO.C2H6/c1-10-6-4-5-7-13(10)16-14-9-8-11(2)15-12(14)3;1-2/h4-9,11,15H,1-3H3;1-2H3. The number of hydrogen-bond acceptors (Lipinski definition) is 2. The fourth-order valence-electron chi connectivity index (χ4n) is 1.72. The molecule has 0 fully saturated rings. The highest BCUT2D eigenvalue weighted by Gasteiger charge is 2.10. The van der Waals surface area contributed by atoms with E-state index >= 15 is 0 Å². The lowest BCUT2D eigenvalue weighted by molar-refractivity contribution is 0.422. The van der Waals surface area contributed by atoms with Crippen molar-refractivity contribution in [2.24, 2.45) is 0 Å². The molecule has 0 aliphatic carbocycles. The van der Waals surface area contributed by atoms with E-state index in [1.807, 2.05) is 58.0 Å². The van der Waals surface area contributed by atoms with E-state index in [0.717, 1.165) is 22.8 Å². The average Bonchev–Trinajstić information content (AvgIpc) is 2.38. The van der Waals surface area contributed by atoms with Crippen molar-refractivity contribution < 1.29 is 4.74 Å². The fourth-order valence-corrected chi connectivity index (χ4v) is 1.72. The van der Waals surface area contributed by atoms with Gasteiger partial charge in [-0.15, -0.1) is 0 Å². The lowest BCUT2D eigenvalue weighted by atomic mass is 10.2. The van der Waals surface area contributed by atoms with Crippen molar-refractivity contribution in [3.63, 3.8) is 0 Å². The summed E-state index contributed by atoms with van der Waals surface area (Å²) in [4.78, 5) is 0. The molecular formula is C16H23NO. The molecule has 1 atom stereocenters. The van der Waals surface area contributed by atoms with Crippen LogP contribution in [-0.2, 0) is 0 Å². The van der Waals surface area contributed by atoms with E-state index in [2.05, 4.69) is 18.3 Å². The van der Waals surface area contributed by atoms with Crippen molar-refractivity contribution in [2.45, 2.75) is 40.7 Å². The number of nitrogens with one attached hydrogen (secondary N) is 1. The van der Waals surface area contributed by atoms with Crippen LogP contribution < -0.4 is 10.1 Å². The van der Waals surface area contributed by atoms with Crippen molar-refractivity contribution in [1.82, 2.24) is 5.32 Å². The zero-order chi connectivity index (χ0) is 13.5. The van der Waals surface area contributed by atoms with Gasteiger partial charge in [0.2, 0.25) is 0 Å². The first-order valence-electron chi connectivity index (χ1n) is 6.56. The van der Waals surface area contributed by atoms with Crippen molar-refractivity contribution in [3.05, 3.63) is 53.4 Å². The molecule has 0 radical (unpaired) electrons. The highest BCUT2D eigenvalue weighted by atomic mass is 16.5. The minimum atomic E-state index is 0.379. The lowest BCUT2D eigenvalue weighted by Crippen LogP contribution is -2.26. The molecule has 0 spiro atoms. The van der Waals surface area contributed by atoms with Gasteiger partial charge in [0.05, 0.1) is 5.70 Å². The number of hydrogen-bond donors (Lipinski definition) is 1. The Morgan fingerprint density at radius 1 is 1.11 bits per heavy atom. The van der Waals surface area contributed by atoms with Crippen LogP contribution in [0, 0.1) is 6.92 Å². The van der Waals surface area contributed by atoms with Gasteiger partial charge in [-0.3, -0.25) is 0 Å². The predicted octanol–water partition coefficient (Wildman–Crippen LogP) is 4.18. The Morgan fingerprint density at radius 2 is 1.78 bits per heavy atom. The first-order valence-corrected chi connectivity index (χ1v) is 6.56. The van der Waals surface area contributed by atoms with Crippen LogP contribution >= 0.6 is 0 Å². The molecule has 18 heavy (non-hydrogen) atoms. The third-order valence-corrected chi connectivity index (χ3v) is 2.66. The number of benzene rings is 1. The normalized spacial score (nSPS) is 17.7. The first-order chi connectivity index (χ1) is 8.66. The third-order valence-electron chi connectivity index (χ3n) is 2.66. The van der Waals surface area contributed by atoms with Crippen molar-refractivity contribution >= 4 is 0 Å². The van der Waals surface area contributed by atoms with Gasteiger partial charge in [0.1, 0.15) is 11.5 Å². The van der Waals surface area contributed by atoms with Crippen LogP contribution in [0.25, 0.3) is 0 Å². The zero-order valence-corrected chi connectivity index (χ0v) is 11.9. The number of allylic oxidation sites excluding steroid dienone is 2. The van der Waals surface area contributed by atoms with Crippen LogP contribution in [0.2, 0.25) is 0 Å². The molecule has 2 nitrogen and oxygen atoms in total. The number of ether oxygens (including phenoxy) is 1. The van der Waals surface area contributed by atoms with Gasteiger partial charge in [-0.05, 0) is 38.5 Å². The maximum Gasteiger partial charge on any atom is 0.145 e. The second kappa shape index (κ2) is 6.90. The summed E-state index contributed by atoms with van der Waals surface area (Å²) in [6, 6.07) is 8.42. The highest BCUT2D eigenvalue weighted by Crippen LogP contribution is 2.22. The van der Waals surface area contributed by atoms with Crippen molar-refractivity contribution in [1.29, 1.82) is 0 Å². The first kappa shape index (κ1) is 14.4. The van der Waals surface area contributed by atoms with E-state index in [1.54, 1.807) is 0 Å². The Kier molecular flexibility index (Phi) is 5.50. The maximum absolute atomic E-state index is 5.88. The molecular weight excluding hydrogens is 222 g/mol. The minimum absolute atomic E-state index is 0.379. The average molecular weight is 245 g/mol. The second-order valence-electron chi connectivity index (χ2n) is 4.15. The number of para-hydroxylation sites is 1. The van der Waals surface area contributed by atoms with Crippen LogP contribution in [0.5, 0.6) is 5.75 Å². The Labute approximate surface area is 110 Å². The van der Waals surface area contributed by atoms with Gasteiger partial charge >= 0.3 is 0 Å². The monoisotopic (exact) mass is 245 g/mol. The smallest absolute Gasteiger partial charge is 0.145 e. The van der Waals surface area contributed by atoms with Gasteiger partial charge in [-0.2, -0.15) is 0 Å². The van der Waals surface area contributed by atoms with Gasteiger partial charge in [-0.1, -0.05) is 38.1 Å². The van der Waals surface area contributed by atoms with E-state index in [4.69, 9.17) is 4.74 Å². The topological polar surface area (TPSA) is 21.3 Å². The van der Waals surface area contributed by atoms with E-state index in [9.17, 15) is 0 Å². The Morgan fingerprint density at radius 3 is 2.39 bits per heavy atom. The molecule has 0 amide bonds. The van der Waals surface area contributed by atoms with Gasteiger partial charge in [-0.25, -0.2) is 0 Å². The molecule has 0 saturated carbocycles. The number of aryl methyl sites for hydroxylation is 1. The van der Waals surface area contributed by atoms with Gasteiger partial charge in [0, 0.05) is 6.04 Å². The highest BCUT2D eigenvalue weighted by molar-refractivity contribution is 5.36. The molecule has 1 N–H and O–H groups in total. The van der Waals surface area contributed by atoms with Crippen LogP contribution in [-0.4, -0.2) is 6.04 Å².